The zero-order valence-electron chi connectivity index (χ0n) is 7.89. The predicted molar refractivity (Wildman–Crippen MR) is 49.0 cm³/mol. The first-order valence-corrected chi connectivity index (χ1v) is 4.90. The molecular formula is C10H19FO. The predicted octanol–water partition coefficient (Wildman–Crippen LogP) is 3.27. The van der Waals surface area contributed by atoms with Gasteiger partial charge in [0, 0.05) is 0 Å². The minimum atomic E-state index is -1.23. The topological polar surface area (TPSA) is 17.1 Å². The van der Waals surface area contributed by atoms with Crippen LogP contribution < -0.4 is 0 Å². The molecule has 0 aromatic rings. The van der Waals surface area contributed by atoms with Crippen LogP contribution in [-0.2, 0) is 4.79 Å². The van der Waals surface area contributed by atoms with E-state index in [4.69, 9.17) is 0 Å². The Morgan fingerprint density at radius 1 is 1.17 bits per heavy atom. The third kappa shape index (κ3) is 7.70. The number of hydrogen-bond acceptors (Lipinski definition) is 1. The SMILES string of the molecule is CCCCCCCCC(F)C=O. The molecule has 0 saturated carbocycles. The molecule has 72 valence electrons. The van der Waals surface area contributed by atoms with Crippen molar-refractivity contribution in [2.45, 2.75) is 58.0 Å². The van der Waals surface area contributed by atoms with Gasteiger partial charge >= 0.3 is 0 Å². The highest BCUT2D eigenvalue weighted by Gasteiger charge is 2.01. The van der Waals surface area contributed by atoms with Crippen molar-refractivity contribution in [3.8, 4) is 0 Å². The number of rotatable bonds is 8. The number of aldehydes is 1. The molecule has 0 fully saturated rings. The molecule has 0 N–H and O–H groups in total. The van der Waals surface area contributed by atoms with Crippen LogP contribution in [0.4, 0.5) is 4.39 Å². The van der Waals surface area contributed by atoms with Crippen molar-refractivity contribution in [2.75, 3.05) is 0 Å². The largest absolute Gasteiger partial charge is 0.300 e. The molecule has 0 radical (unpaired) electrons. The van der Waals surface area contributed by atoms with E-state index in [-0.39, 0.29) is 0 Å². The van der Waals surface area contributed by atoms with Crippen LogP contribution in [0, 0.1) is 0 Å². The first-order valence-electron chi connectivity index (χ1n) is 4.90. The van der Waals surface area contributed by atoms with Crippen molar-refractivity contribution in [3.05, 3.63) is 0 Å². The van der Waals surface area contributed by atoms with Crippen LogP contribution in [0.1, 0.15) is 51.9 Å². The Kier molecular flexibility index (Phi) is 8.40. The van der Waals surface area contributed by atoms with Crippen molar-refractivity contribution < 1.29 is 9.18 Å². The zero-order chi connectivity index (χ0) is 9.23. The molecule has 1 atom stereocenters. The highest BCUT2D eigenvalue weighted by molar-refractivity contribution is 5.55. The van der Waals surface area contributed by atoms with Crippen molar-refractivity contribution in [1.29, 1.82) is 0 Å². The van der Waals surface area contributed by atoms with Gasteiger partial charge in [0.15, 0.2) is 12.5 Å². The lowest BCUT2D eigenvalue weighted by Crippen LogP contribution is -2.00. The van der Waals surface area contributed by atoms with Gasteiger partial charge in [-0.3, -0.25) is 0 Å². The van der Waals surface area contributed by atoms with Crippen LogP contribution in [0.2, 0.25) is 0 Å². The second kappa shape index (κ2) is 8.69. The van der Waals surface area contributed by atoms with Crippen LogP contribution in [0.15, 0.2) is 0 Å². The average molecular weight is 174 g/mol. The van der Waals surface area contributed by atoms with E-state index in [1.165, 1.54) is 25.7 Å². The summed E-state index contributed by atoms with van der Waals surface area (Å²) in [4.78, 5) is 9.90. The van der Waals surface area contributed by atoms with Crippen LogP contribution in [0.25, 0.3) is 0 Å². The Bertz CT molecular complexity index is 104. The number of carbonyl (C=O) groups is 1. The van der Waals surface area contributed by atoms with Crippen molar-refractivity contribution in [1.82, 2.24) is 0 Å². The van der Waals surface area contributed by atoms with Crippen LogP contribution in [0.5, 0.6) is 0 Å². The normalized spacial score (nSPS) is 12.8. The summed E-state index contributed by atoms with van der Waals surface area (Å²) in [6.45, 7) is 2.17. The van der Waals surface area contributed by atoms with Crippen LogP contribution >= 0.6 is 0 Å². The fraction of sp³-hybridized carbons (Fsp3) is 0.900. The summed E-state index contributed by atoms with van der Waals surface area (Å²) < 4.78 is 12.3. The molecular weight excluding hydrogens is 155 g/mol. The molecule has 2 heteroatoms. The van der Waals surface area contributed by atoms with Crippen LogP contribution in [-0.4, -0.2) is 12.5 Å². The first-order chi connectivity index (χ1) is 5.81. The molecule has 0 spiro atoms. The molecule has 0 saturated heterocycles. The van der Waals surface area contributed by atoms with Gasteiger partial charge in [-0.2, -0.15) is 0 Å². The van der Waals surface area contributed by atoms with E-state index in [2.05, 4.69) is 6.92 Å². The Hall–Kier alpha value is -0.400. The summed E-state index contributed by atoms with van der Waals surface area (Å²) in [5, 5.41) is 0. The Morgan fingerprint density at radius 2 is 1.75 bits per heavy atom. The van der Waals surface area contributed by atoms with E-state index in [0.717, 1.165) is 12.8 Å². The highest BCUT2D eigenvalue weighted by Crippen LogP contribution is 2.08. The highest BCUT2D eigenvalue weighted by atomic mass is 19.1. The molecule has 0 aliphatic heterocycles. The molecule has 0 aromatic heterocycles. The maximum Gasteiger partial charge on any atom is 0.155 e. The smallest absolute Gasteiger partial charge is 0.155 e. The van der Waals surface area contributed by atoms with E-state index < -0.39 is 6.17 Å². The average Bonchev–Trinajstić information content (AvgIpc) is 2.10. The molecule has 12 heavy (non-hydrogen) atoms. The maximum absolute atomic E-state index is 12.3. The Balaban J connectivity index is 2.95. The van der Waals surface area contributed by atoms with Gasteiger partial charge in [-0.25, -0.2) is 4.39 Å². The molecule has 0 aromatic carbocycles. The lowest BCUT2D eigenvalue weighted by Gasteiger charge is -2.00. The third-order valence-electron chi connectivity index (χ3n) is 1.98. The van der Waals surface area contributed by atoms with E-state index in [0.29, 0.717) is 12.7 Å². The van der Waals surface area contributed by atoms with Gasteiger partial charge in [0.05, 0.1) is 0 Å². The van der Waals surface area contributed by atoms with E-state index in [9.17, 15) is 9.18 Å². The van der Waals surface area contributed by atoms with Gasteiger partial charge < -0.3 is 4.79 Å². The fourth-order valence-corrected chi connectivity index (χ4v) is 1.19. The van der Waals surface area contributed by atoms with Gasteiger partial charge in [-0.1, -0.05) is 45.4 Å². The molecule has 0 aliphatic rings. The summed E-state index contributed by atoms with van der Waals surface area (Å²) >= 11 is 0. The molecule has 0 bridgehead atoms. The summed E-state index contributed by atoms with van der Waals surface area (Å²) in [6, 6.07) is 0. The van der Waals surface area contributed by atoms with E-state index in [1.807, 2.05) is 0 Å². The van der Waals surface area contributed by atoms with Gasteiger partial charge in [0.25, 0.3) is 0 Å². The minimum absolute atomic E-state index is 0.395. The quantitative estimate of drug-likeness (QED) is 0.407. The van der Waals surface area contributed by atoms with Gasteiger partial charge in [-0.15, -0.1) is 0 Å². The molecule has 0 rings (SSSR count). The van der Waals surface area contributed by atoms with Crippen molar-refractivity contribution >= 4 is 6.29 Å². The lowest BCUT2D eigenvalue weighted by molar-refractivity contribution is -0.112. The molecule has 0 aliphatic carbocycles. The summed E-state index contributed by atoms with van der Waals surface area (Å²) in [5.74, 6) is 0. The molecule has 0 amide bonds. The maximum atomic E-state index is 12.3. The summed E-state index contributed by atoms with van der Waals surface area (Å²) in [7, 11) is 0. The molecule has 0 heterocycles. The van der Waals surface area contributed by atoms with E-state index >= 15 is 0 Å². The lowest BCUT2D eigenvalue weighted by atomic mass is 10.1. The second-order valence-electron chi connectivity index (χ2n) is 3.21. The number of carbonyl (C=O) groups excluding carboxylic acids is 1. The Morgan fingerprint density at radius 3 is 2.33 bits per heavy atom. The minimum Gasteiger partial charge on any atom is -0.300 e. The number of unbranched alkanes of at least 4 members (excludes halogenated alkanes) is 5. The number of halogens is 1. The van der Waals surface area contributed by atoms with Crippen LogP contribution in [0.3, 0.4) is 0 Å². The van der Waals surface area contributed by atoms with Gasteiger partial charge in [0.2, 0.25) is 0 Å². The standard InChI is InChI=1S/C10H19FO/c1-2-3-4-5-6-7-8-10(11)9-12/h9-10H,2-8H2,1H3. The summed E-state index contributed by atoms with van der Waals surface area (Å²) in [6.07, 6.45) is 6.43. The molecule has 1 nitrogen and oxygen atoms in total. The Labute approximate surface area is 74.4 Å². The van der Waals surface area contributed by atoms with Gasteiger partial charge in [0.1, 0.15) is 0 Å². The third-order valence-corrected chi connectivity index (χ3v) is 1.98. The monoisotopic (exact) mass is 174 g/mol. The molecule has 1 unspecified atom stereocenters. The summed E-state index contributed by atoms with van der Waals surface area (Å²) in [5.41, 5.74) is 0. The number of alkyl halides is 1. The first kappa shape index (κ1) is 11.6. The fourth-order valence-electron chi connectivity index (χ4n) is 1.19. The zero-order valence-corrected chi connectivity index (χ0v) is 7.89. The second-order valence-corrected chi connectivity index (χ2v) is 3.21. The van der Waals surface area contributed by atoms with E-state index in [1.54, 1.807) is 0 Å². The van der Waals surface area contributed by atoms with Gasteiger partial charge in [-0.05, 0) is 6.42 Å². The van der Waals surface area contributed by atoms with Crippen molar-refractivity contribution in [2.24, 2.45) is 0 Å². The van der Waals surface area contributed by atoms with Crippen molar-refractivity contribution in [3.63, 3.8) is 0 Å². The number of hydrogen-bond donors (Lipinski definition) is 0.